The summed E-state index contributed by atoms with van der Waals surface area (Å²) in [6.07, 6.45) is -3.78. The van der Waals surface area contributed by atoms with E-state index in [1.165, 1.54) is 12.3 Å². The molecule has 0 unspecified atom stereocenters. The number of nitrogens with zero attached hydrogens (tertiary/aromatic N) is 2. The van der Waals surface area contributed by atoms with Gasteiger partial charge < -0.3 is 4.74 Å². The lowest BCUT2D eigenvalue weighted by atomic mass is 10.5. The molecule has 0 aliphatic rings. The van der Waals surface area contributed by atoms with Crippen molar-refractivity contribution in [2.45, 2.75) is 6.18 Å². The summed E-state index contributed by atoms with van der Waals surface area (Å²) in [5.41, 5.74) is 0. The standard InChI is InChI=1S/C6H3F3N2O2/c7-6(8,9)5(12)13-4-2-1-3-10-11-4/h1-3H. The molecule has 0 bridgehead atoms. The SMILES string of the molecule is O=C(Oc1cccnn1)C(F)(F)F. The van der Waals surface area contributed by atoms with Crippen LogP contribution in [0.4, 0.5) is 13.2 Å². The molecular weight excluding hydrogens is 189 g/mol. The van der Waals surface area contributed by atoms with Crippen molar-refractivity contribution in [3.63, 3.8) is 0 Å². The maximum Gasteiger partial charge on any atom is 0.491 e. The molecule has 0 N–H and O–H groups in total. The lowest BCUT2D eigenvalue weighted by molar-refractivity contribution is -0.190. The maximum absolute atomic E-state index is 11.6. The number of hydrogen-bond donors (Lipinski definition) is 0. The molecule has 0 saturated carbocycles. The van der Waals surface area contributed by atoms with Crippen molar-refractivity contribution in [3.8, 4) is 5.88 Å². The highest BCUT2D eigenvalue weighted by molar-refractivity contribution is 5.77. The zero-order chi connectivity index (χ0) is 9.90. The van der Waals surface area contributed by atoms with Gasteiger partial charge in [-0.2, -0.15) is 18.3 Å². The maximum atomic E-state index is 11.6. The molecule has 4 nitrogen and oxygen atoms in total. The molecule has 0 fully saturated rings. The summed E-state index contributed by atoms with van der Waals surface area (Å²) < 4.78 is 38.7. The summed E-state index contributed by atoms with van der Waals surface area (Å²) in [5, 5.41) is 6.36. The molecule has 0 aliphatic heterocycles. The minimum absolute atomic E-state index is 0.482. The van der Waals surface area contributed by atoms with Crippen LogP contribution in [0.1, 0.15) is 0 Å². The van der Waals surface area contributed by atoms with Gasteiger partial charge in [-0.25, -0.2) is 4.79 Å². The van der Waals surface area contributed by atoms with Gasteiger partial charge in [0.05, 0.1) is 0 Å². The van der Waals surface area contributed by atoms with Gasteiger partial charge in [-0.05, 0) is 6.07 Å². The first-order valence-electron chi connectivity index (χ1n) is 3.07. The van der Waals surface area contributed by atoms with Gasteiger partial charge in [0.2, 0.25) is 5.88 Å². The lowest BCUT2D eigenvalue weighted by Gasteiger charge is -2.04. The molecule has 1 rings (SSSR count). The van der Waals surface area contributed by atoms with Gasteiger partial charge in [0.1, 0.15) is 0 Å². The number of esters is 1. The Balaban J connectivity index is 2.66. The van der Waals surface area contributed by atoms with Crippen LogP contribution in [-0.2, 0) is 4.79 Å². The molecule has 0 aromatic carbocycles. The monoisotopic (exact) mass is 192 g/mol. The van der Waals surface area contributed by atoms with Gasteiger partial charge in [0.15, 0.2) is 0 Å². The Labute approximate surface area is 70.3 Å². The summed E-state index contributed by atoms with van der Waals surface area (Å²) in [6, 6.07) is 2.39. The predicted octanol–water partition coefficient (Wildman–Crippen LogP) is 0.944. The van der Waals surface area contributed by atoms with Crippen molar-refractivity contribution in [2.24, 2.45) is 0 Å². The Bertz CT molecular complexity index is 298. The van der Waals surface area contributed by atoms with Gasteiger partial charge in [-0.1, -0.05) is 0 Å². The van der Waals surface area contributed by atoms with Gasteiger partial charge in [-0.15, -0.1) is 5.10 Å². The Morgan fingerprint density at radius 2 is 2.15 bits per heavy atom. The van der Waals surface area contributed by atoms with Crippen molar-refractivity contribution in [2.75, 3.05) is 0 Å². The molecule has 7 heteroatoms. The second-order valence-corrected chi connectivity index (χ2v) is 1.95. The first-order chi connectivity index (χ1) is 6.00. The van der Waals surface area contributed by atoms with Crippen molar-refractivity contribution in [3.05, 3.63) is 18.3 Å². The van der Waals surface area contributed by atoms with E-state index in [1.807, 2.05) is 0 Å². The third-order valence-corrected chi connectivity index (χ3v) is 0.977. The number of rotatable bonds is 1. The Morgan fingerprint density at radius 1 is 1.46 bits per heavy atom. The molecule has 0 spiro atoms. The van der Waals surface area contributed by atoms with E-state index in [9.17, 15) is 18.0 Å². The first kappa shape index (κ1) is 9.43. The fourth-order valence-corrected chi connectivity index (χ4v) is 0.495. The molecular formula is C6H3F3N2O2. The van der Waals surface area contributed by atoms with E-state index in [2.05, 4.69) is 14.9 Å². The van der Waals surface area contributed by atoms with Gasteiger partial charge in [0.25, 0.3) is 0 Å². The Hall–Kier alpha value is -1.66. The van der Waals surface area contributed by atoms with Crippen LogP contribution in [0.25, 0.3) is 0 Å². The minimum Gasteiger partial charge on any atom is -0.399 e. The number of hydrogen-bond acceptors (Lipinski definition) is 4. The third-order valence-electron chi connectivity index (χ3n) is 0.977. The van der Waals surface area contributed by atoms with Crippen LogP contribution in [0, 0.1) is 0 Å². The number of alkyl halides is 3. The van der Waals surface area contributed by atoms with Crippen LogP contribution in [0.2, 0.25) is 0 Å². The molecule has 0 radical (unpaired) electrons. The fourth-order valence-electron chi connectivity index (χ4n) is 0.495. The third kappa shape index (κ3) is 2.69. The van der Waals surface area contributed by atoms with E-state index in [4.69, 9.17) is 0 Å². The van der Waals surface area contributed by atoms with Crippen LogP contribution >= 0.6 is 0 Å². The van der Waals surface area contributed by atoms with E-state index in [0.29, 0.717) is 0 Å². The number of halogens is 3. The van der Waals surface area contributed by atoms with E-state index in [1.54, 1.807) is 0 Å². The van der Waals surface area contributed by atoms with E-state index in [-0.39, 0.29) is 0 Å². The van der Waals surface area contributed by atoms with Gasteiger partial charge >= 0.3 is 12.1 Å². The van der Waals surface area contributed by atoms with Crippen LogP contribution in [0.15, 0.2) is 18.3 Å². The molecule has 1 aromatic rings. The number of ether oxygens (including phenoxy) is 1. The predicted molar refractivity (Wildman–Crippen MR) is 33.7 cm³/mol. The normalized spacial score (nSPS) is 11.0. The van der Waals surface area contributed by atoms with Gasteiger partial charge in [0, 0.05) is 12.3 Å². The van der Waals surface area contributed by atoms with Crippen LogP contribution < -0.4 is 4.74 Å². The van der Waals surface area contributed by atoms with Crippen molar-refractivity contribution in [1.29, 1.82) is 0 Å². The fraction of sp³-hybridized carbons (Fsp3) is 0.167. The Morgan fingerprint density at radius 3 is 2.62 bits per heavy atom. The van der Waals surface area contributed by atoms with Gasteiger partial charge in [-0.3, -0.25) is 0 Å². The highest BCUT2D eigenvalue weighted by Crippen LogP contribution is 2.17. The number of carbonyl (C=O) groups is 1. The summed E-state index contributed by atoms with van der Waals surface area (Å²) in [5.74, 6) is -2.79. The second-order valence-electron chi connectivity index (χ2n) is 1.95. The van der Waals surface area contributed by atoms with Crippen LogP contribution in [0.3, 0.4) is 0 Å². The zero-order valence-corrected chi connectivity index (χ0v) is 6.08. The van der Waals surface area contributed by atoms with Crippen LogP contribution in [-0.4, -0.2) is 22.3 Å². The number of aromatic nitrogens is 2. The lowest BCUT2D eigenvalue weighted by Crippen LogP contribution is -2.28. The molecule has 0 amide bonds. The van der Waals surface area contributed by atoms with Crippen LogP contribution in [0.5, 0.6) is 5.88 Å². The highest BCUT2D eigenvalue weighted by atomic mass is 19.4. The van der Waals surface area contributed by atoms with Crippen molar-refractivity contribution >= 4 is 5.97 Å². The van der Waals surface area contributed by atoms with Crippen molar-refractivity contribution in [1.82, 2.24) is 10.2 Å². The Kier molecular flexibility index (Phi) is 2.45. The number of carbonyl (C=O) groups excluding carboxylic acids is 1. The molecule has 1 aromatic heterocycles. The smallest absolute Gasteiger partial charge is 0.399 e. The van der Waals surface area contributed by atoms with E-state index in [0.717, 1.165) is 6.07 Å². The average molecular weight is 192 g/mol. The average Bonchev–Trinajstić information content (AvgIpc) is 2.04. The zero-order valence-electron chi connectivity index (χ0n) is 6.08. The van der Waals surface area contributed by atoms with E-state index < -0.39 is 18.0 Å². The summed E-state index contributed by atoms with van der Waals surface area (Å²) in [6.45, 7) is 0. The molecule has 1 heterocycles. The summed E-state index contributed by atoms with van der Waals surface area (Å²) >= 11 is 0. The highest BCUT2D eigenvalue weighted by Gasteiger charge is 2.41. The summed E-state index contributed by atoms with van der Waals surface area (Å²) in [4.78, 5) is 10.2. The second kappa shape index (κ2) is 3.38. The summed E-state index contributed by atoms with van der Waals surface area (Å²) in [7, 11) is 0. The molecule has 0 atom stereocenters. The minimum atomic E-state index is -5.02. The molecule has 70 valence electrons. The largest absolute Gasteiger partial charge is 0.491 e. The molecule has 0 saturated heterocycles. The quantitative estimate of drug-likeness (QED) is 0.621. The molecule has 0 aliphatic carbocycles. The molecule has 13 heavy (non-hydrogen) atoms. The van der Waals surface area contributed by atoms with E-state index >= 15 is 0 Å². The topological polar surface area (TPSA) is 52.1 Å². The van der Waals surface area contributed by atoms with Crippen molar-refractivity contribution < 1.29 is 22.7 Å². The first-order valence-corrected chi connectivity index (χ1v) is 3.07.